The van der Waals surface area contributed by atoms with Gasteiger partial charge in [-0.3, -0.25) is 4.31 Å². The van der Waals surface area contributed by atoms with Crippen LogP contribution in [0.4, 0.5) is 5.69 Å². The lowest BCUT2D eigenvalue weighted by molar-refractivity contribution is 0.313. The Morgan fingerprint density at radius 2 is 1.97 bits per heavy atom. The number of hydrogen-bond acceptors (Lipinski definition) is 3. The highest BCUT2D eigenvalue weighted by Gasteiger charge is 2.26. The monoisotopic (exact) mass is 429 g/mol. The molecule has 0 bridgehead atoms. The highest BCUT2D eigenvalue weighted by molar-refractivity contribution is 7.88. The molecule has 1 aliphatic carbocycles. The normalized spacial score (nSPS) is 17.0. The Hall–Kier alpha value is -1.66. The van der Waals surface area contributed by atoms with Gasteiger partial charge < -0.3 is 4.57 Å². The first kappa shape index (κ1) is 20.6. The molecule has 1 aliphatic rings. The zero-order valence-electron chi connectivity index (χ0n) is 17.9. The number of fused-ring (bicyclic) bond motifs is 1. The molecule has 2 heterocycles. The average molecular weight is 430 g/mol. The van der Waals surface area contributed by atoms with Crippen LogP contribution < -0.4 is 4.31 Å². The molecule has 1 unspecified atom stereocenters. The molecule has 1 aromatic carbocycles. The second-order valence-corrected chi connectivity index (χ2v) is 11.8. The van der Waals surface area contributed by atoms with E-state index in [0.717, 1.165) is 33.7 Å². The van der Waals surface area contributed by atoms with Crippen molar-refractivity contribution in [1.82, 2.24) is 9.55 Å². The average Bonchev–Trinajstić information content (AvgIpc) is 3.35. The first-order valence-electron chi connectivity index (χ1n) is 10.5. The van der Waals surface area contributed by atoms with Crippen molar-refractivity contribution in [3.8, 4) is 0 Å². The maximum atomic E-state index is 12.9. The first-order chi connectivity index (χ1) is 13.8. The highest BCUT2D eigenvalue weighted by Crippen LogP contribution is 2.33. The number of aromatic nitrogens is 2. The summed E-state index contributed by atoms with van der Waals surface area (Å²) >= 11 is 1.53. The highest BCUT2D eigenvalue weighted by atomic mass is 32.2. The molecule has 29 heavy (non-hydrogen) atoms. The summed E-state index contributed by atoms with van der Waals surface area (Å²) < 4.78 is 18.0. The van der Waals surface area contributed by atoms with Gasteiger partial charge in [-0.1, -0.05) is 46.1 Å². The van der Waals surface area contributed by atoms with Gasteiger partial charge >= 0.3 is 0 Å². The Bertz CT molecular complexity index is 995. The molecule has 1 fully saturated rings. The van der Waals surface area contributed by atoms with Gasteiger partial charge in [0.15, 0.2) is 11.0 Å². The largest absolute Gasteiger partial charge is 0.327 e. The van der Waals surface area contributed by atoms with Gasteiger partial charge in [0.25, 0.3) is 0 Å². The van der Waals surface area contributed by atoms with Crippen LogP contribution in [0.2, 0.25) is 0 Å². The van der Waals surface area contributed by atoms with Crippen molar-refractivity contribution in [2.45, 2.75) is 69.0 Å². The van der Waals surface area contributed by atoms with Crippen molar-refractivity contribution >= 4 is 39.0 Å². The van der Waals surface area contributed by atoms with Gasteiger partial charge in [0.2, 0.25) is 0 Å². The summed E-state index contributed by atoms with van der Waals surface area (Å²) in [5.41, 5.74) is 3.12. The smallest absolute Gasteiger partial charge is 0.162 e. The second kappa shape index (κ2) is 8.23. The predicted molar refractivity (Wildman–Crippen MR) is 124 cm³/mol. The molecule has 0 radical (unpaired) electrons. The first-order valence-corrected chi connectivity index (χ1v) is 12.5. The van der Waals surface area contributed by atoms with Crippen molar-refractivity contribution in [3.05, 3.63) is 41.5 Å². The lowest BCUT2D eigenvalue weighted by Gasteiger charge is -2.26. The van der Waals surface area contributed by atoms with Gasteiger partial charge in [0.1, 0.15) is 10.0 Å². The topological polar surface area (TPSA) is 38.1 Å². The Labute approximate surface area is 180 Å². The summed E-state index contributed by atoms with van der Waals surface area (Å²) in [6.45, 7) is 7.78. The lowest BCUT2D eigenvalue weighted by Crippen LogP contribution is -2.22. The van der Waals surface area contributed by atoms with Gasteiger partial charge in [-0.25, -0.2) is 9.19 Å². The minimum Gasteiger partial charge on any atom is -0.327 e. The van der Waals surface area contributed by atoms with E-state index in [4.69, 9.17) is 4.98 Å². The van der Waals surface area contributed by atoms with Crippen molar-refractivity contribution < 1.29 is 4.21 Å². The number of benzene rings is 1. The SMILES string of the molecule is CN(c1ccc2c(c1)nc(C(C)(C)C)n2CC1CCCCC1)S(=O)c1cccs1. The molecule has 1 saturated carbocycles. The molecule has 2 aromatic heterocycles. The number of nitrogens with zero attached hydrogens (tertiary/aromatic N) is 3. The summed E-state index contributed by atoms with van der Waals surface area (Å²) in [5.74, 6) is 1.90. The molecule has 4 nitrogen and oxygen atoms in total. The third kappa shape index (κ3) is 4.29. The van der Waals surface area contributed by atoms with Crippen LogP contribution in [-0.4, -0.2) is 20.8 Å². The summed E-state index contributed by atoms with van der Waals surface area (Å²) in [6.07, 6.45) is 6.73. The Morgan fingerprint density at radius 3 is 2.62 bits per heavy atom. The van der Waals surface area contributed by atoms with Crippen molar-refractivity contribution in [1.29, 1.82) is 0 Å². The quantitative estimate of drug-likeness (QED) is 0.489. The number of anilines is 1. The zero-order chi connectivity index (χ0) is 20.6. The van der Waals surface area contributed by atoms with E-state index >= 15 is 0 Å². The van der Waals surface area contributed by atoms with Gasteiger partial charge in [-0.15, -0.1) is 11.3 Å². The Kier molecular flexibility index (Phi) is 5.85. The summed E-state index contributed by atoms with van der Waals surface area (Å²) in [4.78, 5) is 5.05. The maximum Gasteiger partial charge on any atom is 0.162 e. The van der Waals surface area contributed by atoms with Crippen LogP contribution in [0.15, 0.2) is 39.9 Å². The summed E-state index contributed by atoms with van der Waals surface area (Å²) in [5, 5.41) is 1.97. The van der Waals surface area contributed by atoms with E-state index in [9.17, 15) is 4.21 Å². The molecular weight excluding hydrogens is 398 g/mol. The predicted octanol–water partition coefficient (Wildman–Crippen LogP) is 6.13. The molecule has 4 rings (SSSR count). The molecule has 6 heteroatoms. The van der Waals surface area contributed by atoms with Crippen LogP contribution in [0, 0.1) is 5.92 Å². The fourth-order valence-electron chi connectivity index (χ4n) is 4.29. The van der Waals surface area contributed by atoms with E-state index in [0.29, 0.717) is 0 Å². The fraction of sp³-hybridized carbons (Fsp3) is 0.522. The van der Waals surface area contributed by atoms with Gasteiger partial charge in [-0.2, -0.15) is 0 Å². The van der Waals surface area contributed by atoms with Crippen LogP contribution in [0.5, 0.6) is 0 Å². The number of hydrogen-bond donors (Lipinski definition) is 0. The Morgan fingerprint density at radius 1 is 1.21 bits per heavy atom. The van der Waals surface area contributed by atoms with Crippen LogP contribution in [0.25, 0.3) is 11.0 Å². The minimum absolute atomic E-state index is 0.0143. The third-order valence-electron chi connectivity index (χ3n) is 5.85. The second-order valence-electron chi connectivity index (χ2n) is 9.15. The third-order valence-corrected chi connectivity index (χ3v) is 8.41. The van der Waals surface area contributed by atoms with E-state index < -0.39 is 11.0 Å². The van der Waals surface area contributed by atoms with Crippen molar-refractivity contribution in [3.63, 3.8) is 0 Å². The molecule has 1 atom stereocenters. The van der Waals surface area contributed by atoms with E-state index in [1.165, 1.54) is 49.0 Å². The van der Waals surface area contributed by atoms with E-state index in [-0.39, 0.29) is 5.41 Å². The minimum atomic E-state index is -1.19. The molecule has 156 valence electrons. The zero-order valence-corrected chi connectivity index (χ0v) is 19.5. The summed E-state index contributed by atoms with van der Waals surface area (Å²) in [7, 11) is 0.695. The maximum absolute atomic E-state index is 12.9. The molecule has 0 spiro atoms. The molecule has 3 aromatic rings. The van der Waals surface area contributed by atoms with Crippen LogP contribution in [0.3, 0.4) is 0 Å². The van der Waals surface area contributed by atoms with Crippen LogP contribution in [-0.2, 0) is 22.9 Å². The van der Waals surface area contributed by atoms with Gasteiger partial charge in [0.05, 0.1) is 16.7 Å². The van der Waals surface area contributed by atoms with E-state index in [2.05, 4.69) is 43.5 Å². The molecule has 0 saturated heterocycles. The van der Waals surface area contributed by atoms with Crippen LogP contribution in [0.1, 0.15) is 58.7 Å². The van der Waals surface area contributed by atoms with Crippen molar-refractivity contribution in [2.75, 3.05) is 11.4 Å². The molecular formula is C23H31N3OS2. The fourth-order valence-corrected chi connectivity index (χ4v) is 6.34. The van der Waals surface area contributed by atoms with E-state index in [1.807, 2.05) is 28.9 Å². The van der Waals surface area contributed by atoms with Gasteiger partial charge in [0, 0.05) is 19.0 Å². The standard InChI is InChI=1S/C23H31N3OS2/c1-23(2,3)22-24-19-15-18(25(4)29(27)21-11-8-14-28-21)12-13-20(19)26(22)16-17-9-6-5-7-10-17/h8,11-15,17H,5-7,9-10,16H2,1-4H3. The number of imidazole rings is 1. The van der Waals surface area contributed by atoms with Gasteiger partial charge in [-0.05, 0) is 48.4 Å². The lowest BCUT2D eigenvalue weighted by atomic mass is 9.88. The Balaban J connectivity index is 1.70. The van der Waals surface area contributed by atoms with Crippen LogP contribution >= 0.6 is 11.3 Å². The molecule has 0 amide bonds. The van der Waals surface area contributed by atoms with E-state index in [1.54, 1.807) is 0 Å². The number of rotatable bonds is 5. The summed E-state index contributed by atoms with van der Waals surface area (Å²) in [6, 6.07) is 10.2. The van der Waals surface area contributed by atoms with Crippen molar-refractivity contribution in [2.24, 2.45) is 5.92 Å². The molecule has 0 aliphatic heterocycles. The number of thiophene rings is 1. The molecule has 0 N–H and O–H groups in total.